The SMILES string of the molecule is CC(=O)Nc1cccc(C(=O)N2CCC(NC(=O)c3ccccc3C)CC2)c1. The normalized spacial score (nSPS) is 14.4. The predicted molar refractivity (Wildman–Crippen MR) is 108 cm³/mol. The summed E-state index contributed by atoms with van der Waals surface area (Å²) in [6.45, 7) is 4.53. The van der Waals surface area contributed by atoms with E-state index in [2.05, 4.69) is 10.6 Å². The number of aryl methyl sites for hydroxylation is 1. The maximum absolute atomic E-state index is 12.8. The summed E-state index contributed by atoms with van der Waals surface area (Å²) in [4.78, 5) is 38.2. The van der Waals surface area contributed by atoms with Gasteiger partial charge < -0.3 is 15.5 Å². The van der Waals surface area contributed by atoms with Gasteiger partial charge in [0.25, 0.3) is 11.8 Å². The van der Waals surface area contributed by atoms with Crippen LogP contribution < -0.4 is 10.6 Å². The lowest BCUT2D eigenvalue weighted by Crippen LogP contribution is -2.46. The van der Waals surface area contributed by atoms with Crippen molar-refractivity contribution in [2.45, 2.75) is 32.7 Å². The van der Waals surface area contributed by atoms with Crippen LogP contribution in [0, 0.1) is 6.92 Å². The number of carbonyl (C=O) groups excluding carboxylic acids is 3. The molecule has 1 heterocycles. The van der Waals surface area contributed by atoms with E-state index < -0.39 is 0 Å². The molecule has 0 atom stereocenters. The van der Waals surface area contributed by atoms with Crippen LogP contribution in [-0.4, -0.2) is 41.8 Å². The van der Waals surface area contributed by atoms with Crippen molar-refractivity contribution in [3.63, 3.8) is 0 Å². The van der Waals surface area contributed by atoms with Gasteiger partial charge in [-0.15, -0.1) is 0 Å². The first-order valence-corrected chi connectivity index (χ1v) is 9.47. The molecule has 2 aromatic carbocycles. The lowest BCUT2D eigenvalue weighted by molar-refractivity contribution is -0.114. The highest BCUT2D eigenvalue weighted by atomic mass is 16.2. The fourth-order valence-corrected chi connectivity index (χ4v) is 3.43. The molecule has 3 rings (SSSR count). The summed E-state index contributed by atoms with van der Waals surface area (Å²) in [5.41, 5.74) is 2.80. The lowest BCUT2D eigenvalue weighted by atomic mass is 10.0. The highest BCUT2D eigenvalue weighted by molar-refractivity contribution is 5.97. The molecule has 28 heavy (non-hydrogen) atoms. The quantitative estimate of drug-likeness (QED) is 0.857. The maximum atomic E-state index is 12.8. The molecule has 6 heteroatoms. The molecule has 1 fully saturated rings. The van der Waals surface area contributed by atoms with Gasteiger partial charge in [0.1, 0.15) is 0 Å². The number of nitrogens with zero attached hydrogens (tertiary/aromatic N) is 1. The van der Waals surface area contributed by atoms with Crippen LogP contribution in [0.3, 0.4) is 0 Å². The van der Waals surface area contributed by atoms with Crippen LogP contribution >= 0.6 is 0 Å². The van der Waals surface area contributed by atoms with Gasteiger partial charge in [0.05, 0.1) is 0 Å². The van der Waals surface area contributed by atoms with Gasteiger partial charge in [0.2, 0.25) is 5.91 Å². The standard InChI is InChI=1S/C22H25N3O3/c1-15-6-3-4-9-20(15)21(27)24-18-10-12-25(13-11-18)22(28)17-7-5-8-19(14-17)23-16(2)26/h3-9,14,18H,10-13H2,1-2H3,(H,23,26)(H,24,27). The van der Waals surface area contributed by atoms with Crippen molar-refractivity contribution < 1.29 is 14.4 Å². The molecular formula is C22H25N3O3. The summed E-state index contributed by atoms with van der Waals surface area (Å²) in [5, 5.41) is 5.78. The van der Waals surface area contributed by atoms with E-state index in [9.17, 15) is 14.4 Å². The zero-order chi connectivity index (χ0) is 20.1. The molecule has 1 aliphatic heterocycles. The number of likely N-dealkylation sites (tertiary alicyclic amines) is 1. The van der Waals surface area contributed by atoms with Crippen molar-refractivity contribution in [1.82, 2.24) is 10.2 Å². The van der Waals surface area contributed by atoms with E-state index in [1.165, 1.54) is 6.92 Å². The van der Waals surface area contributed by atoms with Crippen molar-refractivity contribution in [1.29, 1.82) is 0 Å². The second-order valence-corrected chi connectivity index (χ2v) is 7.12. The second kappa shape index (κ2) is 8.69. The van der Waals surface area contributed by atoms with Crippen molar-refractivity contribution in [3.05, 3.63) is 65.2 Å². The van der Waals surface area contributed by atoms with E-state index in [0.717, 1.165) is 18.4 Å². The Morgan fingerprint density at radius 3 is 2.39 bits per heavy atom. The highest BCUT2D eigenvalue weighted by Gasteiger charge is 2.25. The molecule has 0 aliphatic carbocycles. The Balaban J connectivity index is 1.56. The second-order valence-electron chi connectivity index (χ2n) is 7.12. The van der Waals surface area contributed by atoms with Gasteiger partial charge in [-0.25, -0.2) is 0 Å². The third-order valence-corrected chi connectivity index (χ3v) is 4.94. The number of hydrogen-bond acceptors (Lipinski definition) is 3. The van der Waals surface area contributed by atoms with E-state index in [4.69, 9.17) is 0 Å². The number of piperidine rings is 1. The van der Waals surface area contributed by atoms with Gasteiger partial charge in [-0.1, -0.05) is 24.3 Å². The summed E-state index contributed by atoms with van der Waals surface area (Å²) in [7, 11) is 0. The number of rotatable bonds is 4. The summed E-state index contributed by atoms with van der Waals surface area (Å²) in [6.07, 6.45) is 1.43. The molecule has 2 aromatic rings. The Labute approximate surface area is 164 Å². The number of amides is 3. The summed E-state index contributed by atoms with van der Waals surface area (Å²) in [6, 6.07) is 14.5. The zero-order valence-electron chi connectivity index (χ0n) is 16.2. The molecule has 6 nitrogen and oxygen atoms in total. The average Bonchev–Trinajstić information content (AvgIpc) is 2.68. The largest absolute Gasteiger partial charge is 0.349 e. The molecule has 0 aromatic heterocycles. The third-order valence-electron chi connectivity index (χ3n) is 4.94. The topological polar surface area (TPSA) is 78.5 Å². The van der Waals surface area contributed by atoms with Gasteiger partial charge >= 0.3 is 0 Å². The van der Waals surface area contributed by atoms with E-state index in [1.807, 2.05) is 31.2 Å². The van der Waals surface area contributed by atoms with Gasteiger partial charge in [0.15, 0.2) is 0 Å². The van der Waals surface area contributed by atoms with Crippen molar-refractivity contribution in [2.24, 2.45) is 0 Å². The van der Waals surface area contributed by atoms with Crippen molar-refractivity contribution in [2.75, 3.05) is 18.4 Å². The first-order chi connectivity index (χ1) is 13.4. The average molecular weight is 379 g/mol. The van der Waals surface area contributed by atoms with E-state index >= 15 is 0 Å². The minimum Gasteiger partial charge on any atom is -0.349 e. The van der Waals surface area contributed by atoms with E-state index in [-0.39, 0.29) is 23.8 Å². The molecule has 146 valence electrons. The van der Waals surface area contributed by atoms with Crippen molar-refractivity contribution in [3.8, 4) is 0 Å². The number of nitrogens with one attached hydrogen (secondary N) is 2. The smallest absolute Gasteiger partial charge is 0.253 e. The zero-order valence-corrected chi connectivity index (χ0v) is 16.2. The minimum atomic E-state index is -0.171. The first-order valence-electron chi connectivity index (χ1n) is 9.47. The van der Waals surface area contributed by atoms with Crippen LogP contribution in [0.1, 0.15) is 46.0 Å². The van der Waals surface area contributed by atoms with Crippen LogP contribution in [0.4, 0.5) is 5.69 Å². The monoisotopic (exact) mass is 379 g/mol. The Bertz CT molecular complexity index is 886. The van der Waals surface area contributed by atoms with Crippen LogP contribution in [0.15, 0.2) is 48.5 Å². The highest BCUT2D eigenvalue weighted by Crippen LogP contribution is 2.17. The Hall–Kier alpha value is -3.15. The summed E-state index contributed by atoms with van der Waals surface area (Å²) >= 11 is 0. The van der Waals surface area contributed by atoms with Crippen molar-refractivity contribution >= 4 is 23.4 Å². The first kappa shape index (κ1) is 19.6. The Morgan fingerprint density at radius 2 is 1.71 bits per heavy atom. The third kappa shape index (κ3) is 4.76. The van der Waals surface area contributed by atoms with Gasteiger partial charge in [-0.2, -0.15) is 0 Å². The number of anilines is 1. The molecule has 0 spiro atoms. The molecular weight excluding hydrogens is 354 g/mol. The van der Waals surface area contributed by atoms with Gasteiger partial charge in [0, 0.05) is 42.9 Å². The molecule has 0 radical (unpaired) electrons. The molecule has 0 unspecified atom stereocenters. The fourth-order valence-electron chi connectivity index (χ4n) is 3.43. The van der Waals surface area contributed by atoms with Gasteiger partial charge in [-0.05, 0) is 49.6 Å². The summed E-state index contributed by atoms with van der Waals surface area (Å²) in [5.74, 6) is -0.295. The molecule has 3 amide bonds. The van der Waals surface area contributed by atoms with Crippen LogP contribution in [-0.2, 0) is 4.79 Å². The number of benzene rings is 2. The number of carbonyl (C=O) groups is 3. The van der Waals surface area contributed by atoms with E-state index in [0.29, 0.717) is 29.9 Å². The van der Waals surface area contributed by atoms with E-state index in [1.54, 1.807) is 29.2 Å². The van der Waals surface area contributed by atoms with Crippen LogP contribution in [0.2, 0.25) is 0 Å². The Morgan fingerprint density at radius 1 is 1.00 bits per heavy atom. The van der Waals surface area contributed by atoms with Crippen LogP contribution in [0.25, 0.3) is 0 Å². The van der Waals surface area contributed by atoms with Gasteiger partial charge in [-0.3, -0.25) is 14.4 Å². The minimum absolute atomic E-state index is 0.0573. The molecule has 1 aliphatic rings. The summed E-state index contributed by atoms with van der Waals surface area (Å²) < 4.78 is 0. The lowest BCUT2D eigenvalue weighted by Gasteiger charge is -2.32. The number of hydrogen-bond donors (Lipinski definition) is 2. The molecule has 2 N–H and O–H groups in total. The predicted octanol–water partition coefficient (Wildman–Crippen LogP) is 2.99. The molecule has 1 saturated heterocycles. The van der Waals surface area contributed by atoms with Crippen LogP contribution in [0.5, 0.6) is 0 Å². The molecule has 0 bridgehead atoms. The maximum Gasteiger partial charge on any atom is 0.253 e. The molecule has 0 saturated carbocycles. The Kier molecular flexibility index (Phi) is 6.09. The fraction of sp³-hybridized carbons (Fsp3) is 0.318.